The van der Waals surface area contributed by atoms with E-state index in [2.05, 4.69) is 23.3 Å². The van der Waals surface area contributed by atoms with E-state index in [0.29, 0.717) is 11.4 Å². The highest BCUT2D eigenvalue weighted by Crippen LogP contribution is 2.29. The van der Waals surface area contributed by atoms with E-state index < -0.39 is 0 Å². The summed E-state index contributed by atoms with van der Waals surface area (Å²) in [6.45, 7) is 8.08. The van der Waals surface area contributed by atoms with E-state index in [0.717, 1.165) is 34.1 Å². The van der Waals surface area contributed by atoms with Crippen LogP contribution in [0.3, 0.4) is 0 Å². The van der Waals surface area contributed by atoms with Crippen molar-refractivity contribution in [1.82, 2.24) is 4.98 Å². The molecule has 0 saturated carbocycles. The van der Waals surface area contributed by atoms with Crippen molar-refractivity contribution in [3.8, 4) is 0 Å². The number of nitrogens with zero attached hydrogens (tertiary/aromatic N) is 1. The van der Waals surface area contributed by atoms with Crippen LogP contribution in [0, 0.1) is 20.8 Å². The second kappa shape index (κ2) is 5.88. The Hall–Kier alpha value is -2.62. The topological polar surface area (TPSA) is 55.1 Å². The third-order valence-corrected chi connectivity index (χ3v) is 4.25. The molecule has 0 bridgehead atoms. The lowest BCUT2D eigenvalue weighted by atomic mass is 10.0. The van der Waals surface area contributed by atoms with E-state index in [1.807, 2.05) is 32.9 Å². The van der Waals surface area contributed by atoms with Crippen molar-refractivity contribution in [2.24, 2.45) is 0 Å². The number of furan rings is 1. The number of hydrogen-bond acceptors (Lipinski definition) is 3. The van der Waals surface area contributed by atoms with Crippen LogP contribution in [0.15, 0.2) is 35.0 Å². The minimum Gasteiger partial charge on any atom is -0.451 e. The monoisotopic (exact) mass is 308 g/mol. The molecule has 2 heterocycles. The van der Waals surface area contributed by atoms with E-state index in [1.54, 1.807) is 12.4 Å². The number of anilines is 1. The molecule has 4 nitrogen and oxygen atoms in total. The zero-order valence-electron chi connectivity index (χ0n) is 13.9. The molecule has 0 atom stereocenters. The number of pyridine rings is 1. The van der Waals surface area contributed by atoms with E-state index >= 15 is 0 Å². The summed E-state index contributed by atoms with van der Waals surface area (Å²) < 4.78 is 5.87. The predicted octanol–water partition coefficient (Wildman–Crippen LogP) is 4.57. The Morgan fingerprint density at radius 1 is 1.17 bits per heavy atom. The first-order valence-corrected chi connectivity index (χ1v) is 7.75. The van der Waals surface area contributed by atoms with Crippen LogP contribution in [-0.2, 0) is 6.42 Å². The summed E-state index contributed by atoms with van der Waals surface area (Å²) in [5, 5.41) is 3.91. The molecule has 0 aliphatic heterocycles. The summed E-state index contributed by atoms with van der Waals surface area (Å²) in [6.07, 6.45) is 4.09. The Labute approximate surface area is 135 Å². The summed E-state index contributed by atoms with van der Waals surface area (Å²) in [5.41, 5.74) is 5.73. The molecule has 118 valence electrons. The molecule has 3 rings (SSSR count). The number of amides is 1. The molecular weight excluding hydrogens is 288 g/mol. The molecule has 0 saturated heterocycles. The quantitative estimate of drug-likeness (QED) is 0.771. The van der Waals surface area contributed by atoms with Crippen LogP contribution < -0.4 is 5.32 Å². The number of carbonyl (C=O) groups excluding carboxylic acids is 1. The SMILES string of the molecule is CCc1c(C(=O)Nc2cnccc2C)oc2cc(C)c(C)cc12. The van der Waals surface area contributed by atoms with Gasteiger partial charge < -0.3 is 9.73 Å². The maximum Gasteiger partial charge on any atom is 0.291 e. The van der Waals surface area contributed by atoms with Crippen LogP contribution in [0.25, 0.3) is 11.0 Å². The smallest absolute Gasteiger partial charge is 0.291 e. The van der Waals surface area contributed by atoms with Crippen LogP contribution in [0.1, 0.15) is 39.7 Å². The lowest BCUT2D eigenvalue weighted by molar-refractivity contribution is 0.0997. The molecule has 0 aliphatic rings. The van der Waals surface area contributed by atoms with Crippen molar-refractivity contribution < 1.29 is 9.21 Å². The van der Waals surface area contributed by atoms with Crippen LogP contribution >= 0.6 is 0 Å². The van der Waals surface area contributed by atoms with Crippen molar-refractivity contribution >= 4 is 22.6 Å². The van der Waals surface area contributed by atoms with Gasteiger partial charge in [0.1, 0.15) is 5.58 Å². The van der Waals surface area contributed by atoms with Crippen molar-refractivity contribution in [3.63, 3.8) is 0 Å². The van der Waals surface area contributed by atoms with Crippen LogP contribution in [0.2, 0.25) is 0 Å². The van der Waals surface area contributed by atoms with Gasteiger partial charge in [0.15, 0.2) is 5.76 Å². The molecule has 0 unspecified atom stereocenters. The van der Waals surface area contributed by atoms with Crippen LogP contribution in [-0.4, -0.2) is 10.9 Å². The molecule has 0 fully saturated rings. The summed E-state index contributed by atoms with van der Waals surface area (Å²) in [4.78, 5) is 16.7. The number of nitrogens with one attached hydrogen (secondary N) is 1. The lowest BCUT2D eigenvalue weighted by Crippen LogP contribution is -2.13. The zero-order chi connectivity index (χ0) is 16.6. The first kappa shape index (κ1) is 15.3. The number of rotatable bonds is 3. The maximum absolute atomic E-state index is 12.7. The third kappa shape index (κ3) is 2.72. The molecule has 1 N–H and O–H groups in total. The molecule has 3 aromatic rings. The molecule has 0 spiro atoms. The highest BCUT2D eigenvalue weighted by molar-refractivity contribution is 6.06. The molecule has 2 aromatic heterocycles. The predicted molar refractivity (Wildman–Crippen MR) is 92.0 cm³/mol. The second-order valence-electron chi connectivity index (χ2n) is 5.84. The molecule has 4 heteroatoms. The summed E-state index contributed by atoms with van der Waals surface area (Å²) in [5.74, 6) is 0.153. The Balaban J connectivity index is 2.05. The highest BCUT2D eigenvalue weighted by Gasteiger charge is 2.20. The molecule has 1 aromatic carbocycles. The number of carbonyl (C=O) groups is 1. The molecule has 23 heavy (non-hydrogen) atoms. The van der Waals surface area contributed by atoms with Crippen LogP contribution in [0.4, 0.5) is 5.69 Å². The van der Waals surface area contributed by atoms with Crippen molar-refractivity contribution in [1.29, 1.82) is 0 Å². The third-order valence-electron chi connectivity index (χ3n) is 4.25. The number of fused-ring (bicyclic) bond motifs is 1. The fourth-order valence-corrected chi connectivity index (χ4v) is 2.71. The fraction of sp³-hybridized carbons (Fsp3) is 0.263. The van der Waals surface area contributed by atoms with Gasteiger partial charge in [-0.25, -0.2) is 0 Å². The molecular formula is C19H20N2O2. The van der Waals surface area contributed by atoms with E-state index in [9.17, 15) is 4.79 Å². The van der Waals surface area contributed by atoms with Gasteiger partial charge in [-0.05, 0) is 62.1 Å². The lowest BCUT2D eigenvalue weighted by Gasteiger charge is -2.06. The van der Waals surface area contributed by atoms with Gasteiger partial charge in [-0.3, -0.25) is 9.78 Å². The Morgan fingerprint density at radius 3 is 2.61 bits per heavy atom. The van der Waals surface area contributed by atoms with Gasteiger partial charge in [0.2, 0.25) is 0 Å². The van der Waals surface area contributed by atoms with E-state index in [-0.39, 0.29) is 5.91 Å². The van der Waals surface area contributed by atoms with Gasteiger partial charge in [0, 0.05) is 17.1 Å². The number of aromatic nitrogens is 1. The van der Waals surface area contributed by atoms with Gasteiger partial charge in [0.25, 0.3) is 5.91 Å². The van der Waals surface area contributed by atoms with Gasteiger partial charge in [0.05, 0.1) is 11.9 Å². The Kier molecular flexibility index (Phi) is 3.90. The van der Waals surface area contributed by atoms with Gasteiger partial charge in [-0.1, -0.05) is 6.92 Å². The van der Waals surface area contributed by atoms with Crippen molar-refractivity contribution in [2.45, 2.75) is 34.1 Å². The summed E-state index contributed by atoms with van der Waals surface area (Å²) in [7, 11) is 0. The number of benzene rings is 1. The second-order valence-corrected chi connectivity index (χ2v) is 5.84. The summed E-state index contributed by atoms with van der Waals surface area (Å²) in [6, 6.07) is 5.96. The van der Waals surface area contributed by atoms with Gasteiger partial charge in [-0.15, -0.1) is 0 Å². The maximum atomic E-state index is 12.7. The fourth-order valence-electron chi connectivity index (χ4n) is 2.71. The standard InChI is InChI=1S/C19H20N2O2/c1-5-14-15-8-12(3)13(4)9-17(15)23-18(14)19(22)21-16-10-20-7-6-11(16)2/h6-10H,5H2,1-4H3,(H,21,22). The number of hydrogen-bond donors (Lipinski definition) is 1. The molecule has 0 aliphatic carbocycles. The van der Waals surface area contributed by atoms with E-state index in [4.69, 9.17) is 4.42 Å². The van der Waals surface area contributed by atoms with Gasteiger partial charge in [-0.2, -0.15) is 0 Å². The average Bonchev–Trinajstić information content (AvgIpc) is 2.87. The largest absolute Gasteiger partial charge is 0.451 e. The summed E-state index contributed by atoms with van der Waals surface area (Å²) >= 11 is 0. The number of aryl methyl sites for hydroxylation is 4. The van der Waals surface area contributed by atoms with E-state index in [1.165, 1.54) is 5.56 Å². The first-order chi connectivity index (χ1) is 11.0. The van der Waals surface area contributed by atoms with Crippen LogP contribution in [0.5, 0.6) is 0 Å². The van der Waals surface area contributed by atoms with Gasteiger partial charge >= 0.3 is 0 Å². The Morgan fingerprint density at radius 2 is 1.91 bits per heavy atom. The average molecular weight is 308 g/mol. The zero-order valence-corrected chi connectivity index (χ0v) is 13.9. The minimum atomic E-state index is -0.232. The van der Waals surface area contributed by atoms with Crippen molar-refractivity contribution in [3.05, 3.63) is 58.6 Å². The molecule has 0 radical (unpaired) electrons. The first-order valence-electron chi connectivity index (χ1n) is 7.75. The molecule has 1 amide bonds. The Bertz CT molecular complexity index is 894. The minimum absolute atomic E-state index is 0.232. The van der Waals surface area contributed by atoms with Crippen molar-refractivity contribution in [2.75, 3.05) is 5.32 Å². The highest BCUT2D eigenvalue weighted by atomic mass is 16.3. The normalized spacial score (nSPS) is 11.0.